The molecule has 0 aromatic heterocycles. The van der Waals surface area contributed by atoms with Crippen LogP contribution in [0.4, 0.5) is 4.79 Å². The zero-order valence-corrected chi connectivity index (χ0v) is 6.39. The standard InChI is InChI=1S/C7H13N3O/c11-7-9-3-5-1-2-8-4-6(5)10-7/h5-6,8H,1-4H2,(H2,9,10,11)/t5-,6-/m0/s1. The van der Waals surface area contributed by atoms with Gasteiger partial charge in [0.2, 0.25) is 0 Å². The Morgan fingerprint density at radius 3 is 3.18 bits per heavy atom. The van der Waals surface area contributed by atoms with Gasteiger partial charge in [-0.15, -0.1) is 0 Å². The van der Waals surface area contributed by atoms with Crippen LogP contribution in [0.3, 0.4) is 0 Å². The minimum Gasteiger partial charge on any atom is -0.338 e. The largest absolute Gasteiger partial charge is 0.338 e. The van der Waals surface area contributed by atoms with Gasteiger partial charge in [0.15, 0.2) is 0 Å². The number of hydrogen-bond donors (Lipinski definition) is 3. The number of nitrogens with one attached hydrogen (secondary N) is 3. The van der Waals surface area contributed by atoms with E-state index in [-0.39, 0.29) is 6.03 Å². The molecule has 2 atom stereocenters. The molecule has 0 radical (unpaired) electrons. The lowest BCUT2D eigenvalue weighted by Crippen LogP contribution is -2.60. The van der Waals surface area contributed by atoms with Gasteiger partial charge >= 0.3 is 6.03 Å². The van der Waals surface area contributed by atoms with Crippen molar-refractivity contribution in [2.75, 3.05) is 19.6 Å². The van der Waals surface area contributed by atoms with E-state index in [2.05, 4.69) is 16.0 Å². The van der Waals surface area contributed by atoms with Crippen LogP contribution >= 0.6 is 0 Å². The molecule has 0 bridgehead atoms. The first-order chi connectivity index (χ1) is 5.36. The first-order valence-corrected chi connectivity index (χ1v) is 4.11. The zero-order valence-electron chi connectivity index (χ0n) is 6.39. The van der Waals surface area contributed by atoms with E-state index < -0.39 is 0 Å². The van der Waals surface area contributed by atoms with E-state index in [0.717, 1.165) is 26.1 Å². The maximum Gasteiger partial charge on any atom is 0.315 e. The highest BCUT2D eigenvalue weighted by Crippen LogP contribution is 2.13. The van der Waals surface area contributed by atoms with Gasteiger partial charge in [0.1, 0.15) is 0 Å². The highest BCUT2D eigenvalue weighted by Gasteiger charge is 2.29. The van der Waals surface area contributed by atoms with E-state index >= 15 is 0 Å². The predicted molar refractivity (Wildman–Crippen MR) is 41.3 cm³/mol. The van der Waals surface area contributed by atoms with Crippen molar-refractivity contribution in [2.24, 2.45) is 5.92 Å². The van der Waals surface area contributed by atoms with Gasteiger partial charge in [0.25, 0.3) is 0 Å². The second kappa shape index (κ2) is 2.70. The third kappa shape index (κ3) is 1.30. The van der Waals surface area contributed by atoms with E-state index in [1.165, 1.54) is 0 Å². The fourth-order valence-corrected chi connectivity index (χ4v) is 1.77. The number of carbonyl (C=O) groups is 1. The molecule has 11 heavy (non-hydrogen) atoms. The number of amides is 2. The van der Waals surface area contributed by atoms with Crippen LogP contribution in [0, 0.1) is 5.92 Å². The molecule has 2 rings (SSSR count). The Bertz CT molecular complexity index is 171. The van der Waals surface area contributed by atoms with E-state index in [1.807, 2.05) is 0 Å². The summed E-state index contributed by atoms with van der Waals surface area (Å²) in [6.45, 7) is 2.86. The fraction of sp³-hybridized carbons (Fsp3) is 0.857. The molecule has 2 aliphatic heterocycles. The molecule has 2 fully saturated rings. The third-order valence-corrected chi connectivity index (χ3v) is 2.47. The summed E-state index contributed by atoms with van der Waals surface area (Å²) in [6, 6.07) is 0.340. The van der Waals surface area contributed by atoms with Crippen molar-refractivity contribution >= 4 is 6.03 Å². The van der Waals surface area contributed by atoms with Gasteiger partial charge in [-0.1, -0.05) is 0 Å². The number of rotatable bonds is 0. The highest BCUT2D eigenvalue weighted by atomic mass is 16.2. The second-order valence-corrected chi connectivity index (χ2v) is 3.21. The minimum absolute atomic E-state index is 0.0186. The molecule has 4 heteroatoms. The summed E-state index contributed by atoms with van der Waals surface area (Å²) in [5.41, 5.74) is 0. The summed E-state index contributed by atoms with van der Waals surface area (Å²) in [7, 11) is 0. The Kier molecular flexibility index (Phi) is 1.69. The Labute approximate surface area is 65.7 Å². The molecular formula is C7H13N3O. The van der Waals surface area contributed by atoms with Crippen LogP contribution in [0.15, 0.2) is 0 Å². The van der Waals surface area contributed by atoms with Gasteiger partial charge in [0, 0.05) is 19.1 Å². The monoisotopic (exact) mass is 155 g/mol. The molecule has 0 saturated carbocycles. The van der Waals surface area contributed by atoms with Gasteiger partial charge in [-0.25, -0.2) is 4.79 Å². The summed E-state index contributed by atoms with van der Waals surface area (Å²) in [6.07, 6.45) is 1.16. The number of urea groups is 1. The Morgan fingerprint density at radius 1 is 1.36 bits per heavy atom. The van der Waals surface area contributed by atoms with Crippen LogP contribution in [-0.4, -0.2) is 31.7 Å². The van der Waals surface area contributed by atoms with Crippen molar-refractivity contribution in [3.8, 4) is 0 Å². The zero-order chi connectivity index (χ0) is 7.68. The molecule has 0 aromatic carbocycles. The van der Waals surface area contributed by atoms with Crippen LogP contribution < -0.4 is 16.0 Å². The molecule has 0 aliphatic carbocycles. The predicted octanol–water partition coefficient (Wildman–Crippen LogP) is -0.723. The number of carbonyl (C=O) groups excluding carboxylic acids is 1. The van der Waals surface area contributed by atoms with E-state index in [1.54, 1.807) is 0 Å². The van der Waals surface area contributed by atoms with Crippen molar-refractivity contribution in [3.63, 3.8) is 0 Å². The van der Waals surface area contributed by atoms with E-state index in [9.17, 15) is 4.79 Å². The molecule has 2 amide bonds. The normalized spacial score (nSPS) is 36.9. The lowest BCUT2D eigenvalue weighted by atomic mass is 9.91. The van der Waals surface area contributed by atoms with Crippen molar-refractivity contribution in [2.45, 2.75) is 12.5 Å². The summed E-state index contributed by atoms with van der Waals surface area (Å²) in [5, 5.41) is 8.97. The lowest BCUT2D eigenvalue weighted by molar-refractivity contribution is 0.199. The average Bonchev–Trinajstić information content (AvgIpc) is 2.04. The second-order valence-electron chi connectivity index (χ2n) is 3.21. The highest BCUT2D eigenvalue weighted by molar-refractivity contribution is 5.75. The molecular weight excluding hydrogens is 142 g/mol. The van der Waals surface area contributed by atoms with Gasteiger partial charge < -0.3 is 16.0 Å². The molecule has 0 unspecified atom stereocenters. The SMILES string of the molecule is O=C1NC[C@@H]2CCNC[C@@H]2N1. The molecule has 0 spiro atoms. The first kappa shape index (κ1) is 6.91. The van der Waals surface area contributed by atoms with E-state index in [4.69, 9.17) is 0 Å². The minimum atomic E-state index is -0.0186. The van der Waals surface area contributed by atoms with Crippen molar-refractivity contribution in [3.05, 3.63) is 0 Å². The van der Waals surface area contributed by atoms with Crippen molar-refractivity contribution in [1.29, 1.82) is 0 Å². The summed E-state index contributed by atoms with van der Waals surface area (Å²) < 4.78 is 0. The number of fused-ring (bicyclic) bond motifs is 1. The molecule has 4 nitrogen and oxygen atoms in total. The topological polar surface area (TPSA) is 53.2 Å². The fourth-order valence-electron chi connectivity index (χ4n) is 1.77. The van der Waals surface area contributed by atoms with Gasteiger partial charge in [-0.05, 0) is 18.9 Å². The maximum absolute atomic E-state index is 10.9. The Morgan fingerprint density at radius 2 is 2.27 bits per heavy atom. The first-order valence-electron chi connectivity index (χ1n) is 4.11. The third-order valence-electron chi connectivity index (χ3n) is 2.47. The Hall–Kier alpha value is -0.770. The summed E-state index contributed by atoms with van der Waals surface area (Å²) in [4.78, 5) is 10.9. The van der Waals surface area contributed by atoms with Crippen LogP contribution in [0.5, 0.6) is 0 Å². The van der Waals surface area contributed by atoms with Crippen molar-refractivity contribution in [1.82, 2.24) is 16.0 Å². The average molecular weight is 155 g/mol. The Balaban J connectivity index is 1.98. The summed E-state index contributed by atoms with van der Waals surface area (Å²) in [5.74, 6) is 0.633. The molecule has 62 valence electrons. The molecule has 2 saturated heterocycles. The van der Waals surface area contributed by atoms with Gasteiger partial charge in [-0.3, -0.25) is 0 Å². The molecule has 0 aromatic rings. The van der Waals surface area contributed by atoms with Crippen LogP contribution in [0.2, 0.25) is 0 Å². The number of hydrogen-bond acceptors (Lipinski definition) is 2. The molecule has 2 aliphatic rings. The number of piperidine rings is 1. The smallest absolute Gasteiger partial charge is 0.315 e. The van der Waals surface area contributed by atoms with Crippen LogP contribution in [-0.2, 0) is 0 Å². The van der Waals surface area contributed by atoms with Gasteiger partial charge in [0.05, 0.1) is 0 Å². The maximum atomic E-state index is 10.9. The lowest BCUT2D eigenvalue weighted by Gasteiger charge is -2.36. The summed E-state index contributed by atoms with van der Waals surface area (Å²) >= 11 is 0. The van der Waals surface area contributed by atoms with Crippen molar-refractivity contribution < 1.29 is 4.79 Å². The van der Waals surface area contributed by atoms with Crippen LogP contribution in [0.25, 0.3) is 0 Å². The quantitative estimate of drug-likeness (QED) is 0.432. The molecule has 3 N–H and O–H groups in total. The van der Waals surface area contributed by atoms with E-state index in [0.29, 0.717) is 12.0 Å². The van der Waals surface area contributed by atoms with Crippen LogP contribution in [0.1, 0.15) is 6.42 Å². The van der Waals surface area contributed by atoms with Gasteiger partial charge in [-0.2, -0.15) is 0 Å². The molecule has 2 heterocycles.